The zero-order valence-corrected chi connectivity index (χ0v) is 11.9. The second-order valence-corrected chi connectivity index (χ2v) is 6.86. The fraction of sp³-hybridized carbons (Fsp3) is 0.938. The van der Waals surface area contributed by atoms with E-state index >= 15 is 0 Å². The van der Waals surface area contributed by atoms with Crippen LogP contribution in [0.3, 0.4) is 0 Å². The van der Waals surface area contributed by atoms with Crippen LogP contribution in [0, 0.1) is 23.7 Å². The number of carbonyl (C=O) groups is 1. The molecule has 0 radical (unpaired) electrons. The van der Waals surface area contributed by atoms with Crippen molar-refractivity contribution in [2.24, 2.45) is 23.7 Å². The quantitative estimate of drug-likeness (QED) is 0.685. The Bertz CT molecular complexity index is 314. The monoisotopic (exact) mass is 265 g/mol. The Hall–Kier alpha value is -0.570. The lowest BCUT2D eigenvalue weighted by molar-refractivity contribution is -0.122. The Labute approximate surface area is 116 Å². The summed E-state index contributed by atoms with van der Waals surface area (Å²) in [4.78, 5) is 11.9. The zero-order chi connectivity index (χ0) is 13.1. The number of ether oxygens (including phenoxy) is 1. The average Bonchev–Trinajstić information content (AvgIpc) is 2.99. The predicted molar refractivity (Wildman–Crippen MR) is 74.7 cm³/mol. The van der Waals surface area contributed by atoms with Crippen LogP contribution in [-0.2, 0) is 9.53 Å². The molecule has 0 aromatic carbocycles. The highest BCUT2D eigenvalue weighted by Crippen LogP contribution is 2.49. The summed E-state index contributed by atoms with van der Waals surface area (Å²) in [5, 5.41) is 3.05. The summed E-state index contributed by atoms with van der Waals surface area (Å²) in [5.41, 5.74) is 0. The third-order valence-electron chi connectivity index (χ3n) is 5.17. The van der Waals surface area contributed by atoms with Gasteiger partial charge in [0.05, 0.1) is 0 Å². The highest BCUT2D eigenvalue weighted by atomic mass is 16.5. The van der Waals surface area contributed by atoms with E-state index in [9.17, 15) is 4.79 Å². The number of fused-ring (bicyclic) bond motifs is 2. The molecule has 19 heavy (non-hydrogen) atoms. The normalized spacial score (nSPS) is 32.7. The van der Waals surface area contributed by atoms with E-state index in [2.05, 4.69) is 5.32 Å². The van der Waals surface area contributed by atoms with Crippen molar-refractivity contribution < 1.29 is 9.53 Å². The van der Waals surface area contributed by atoms with Crippen LogP contribution in [0.1, 0.15) is 51.4 Å². The maximum absolute atomic E-state index is 11.9. The standard InChI is InChI=1S/C16H27NO2/c18-16(10-15-9-13-4-5-14(15)8-13)17-6-1-7-19-11-12-2-3-12/h12-15H,1-11H2,(H,17,18)/t13-,14-,15+/m0/s1. The van der Waals surface area contributed by atoms with Gasteiger partial charge in [-0.3, -0.25) is 4.79 Å². The Morgan fingerprint density at radius 2 is 2.05 bits per heavy atom. The molecule has 1 amide bonds. The molecule has 3 rings (SSSR count). The first-order chi connectivity index (χ1) is 9.31. The van der Waals surface area contributed by atoms with Gasteiger partial charge in [-0.2, -0.15) is 0 Å². The maximum atomic E-state index is 11.9. The van der Waals surface area contributed by atoms with E-state index in [0.717, 1.165) is 50.4 Å². The van der Waals surface area contributed by atoms with E-state index in [4.69, 9.17) is 4.74 Å². The molecule has 108 valence electrons. The lowest BCUT2D eigenvalue weighted by atomic mass is 9.86. The van der Waals surface area contributed by atoms with Crippen molar-refractivity contribution >= 4 is 5.91 Å². The molecule has 3 atom stereocenters. The molecule has 3 aliphatic rings. The number of hydrogen-bond acceptors (Lipinski definition) is 2. The highest BCUT2D eigenvalue weighted by molar-refractivity contribution is 5.76. The second-order valence-electron chi connectivity index (χ2n) is 6.86. The van der Waals surface area contributed by atoms with Crippen molar-refractivity contribution in [1.29, 1.82) is 0 Å². The van der Waals surface area contributed by atoms with Gasteiger partial charge in [-0.15, -0.1) is 0 Å². The highest BCUT2D eigenvalue weighted by Gasteiger charge is 2.39. The van der Waals surface area contributed by atoms with Gasteiger partial charge in [0.25, 0.3) is 0 Å². The molecule has 0 saturated heterocycles. The smallest absolute Gasteiger partial charge is 0.220 e. The minimum atomic E-state index is 0.264. The van der Waals surface area contributed by atoms with Crippen LogP contribution < -0.4 is 5.32 Å². The third kappa shape index (κ3) is 3.95. The van der Waals surface area contributed by atoms with Crippen LogP contribution >= 0.6 is 0 Å². The van der Waals surface area contributed by atoms with Gasteiger partial charge in [-0.1, -0.05) is 6.42 Å². The summed E-state index contributed by atoms with van der Waals surface area (Å²) in [5.74, 6) is 3.59. The van der Waals surface area contributed by atoms with Gasteiger partial charge in [0.1, 0.15) is 0 Å². The minimum Gasteiger partial charge on any atom is -0.381 e. The number of nitrogens with one attached hydrogen (secondary N) is 1. The molecule has 0 aliphatic heterocycles. The fourth-order valence-electron chi connectivity index (χ4n) is 3.87. The van der Waals surface area contributed by atoms with E-state index in [1.165, 1.54) is 38.5 Å². The summed E-state index contributed by atoms with van der Waals surface area (Å²) in [6, 6.07) is 0. The van der Waals surface area contributed by atoms with Gasteiger partial charge in [0.2, 0.25) is 5.91 Å². The lowest BCUT2D eigenvalue weighted by Crippen LogP contribution is -2.28. The molecule has 3 saturated carbocycles. The number of rotatable bonds is 8. The first-order valence-corrected chi connectivity index (χ1v) is 8.15. The zero-order valence-electron chi connectivity index (χ0n) is 11.9. The maximum Gasteiger partial charge on any atom is 0.220 e. The van der Waals surface area contributed by atoms with E-state index < -0.39 is 0 Å². The topological polar surface area (TPSA) is 38.3 Å². The first-order valence-electron chi connectivity index (χ1n) is 8.15. The van der Waals surface area contributed by atoms with Crippen molar-refractivity contribution in [2.45, 2.75) is 51.4 Å². The van der Waals surface area contributed by atoms with Crippen molar-refractivity contribution in [3.8, 4) is 0 Å². The van der Waals surface area contributed by atoms with E-state index in [0.29, 0.717) is 5.92 Å². The van der Waals surface area contributed by atoms with Crippen molar-refractivity contribution in [3.05, 3.63) is 0 Å². The molecule has 0 aromatic heterocycles. The van der Waals surface area contributed by atoms with Crippen LogP contribution in [0.5, 0.6) is 0 Å². The number of amides is 1. The Morgan fingerprint density at radius 3 is 2.74 bits per heavy atom. The summed E-state index contributed by atoms with van der Waals surface area (Å²) in [7, 11) is 0. The molecule has 2 bridgehead atoms. The van der Waals surface area contributed by atoms with Crippen molar-refractivity contribution in [2.75, 3.05) is 19.8 Å². The van der Waals surface area contributed by atoms with E-state index in [1.54, 1.807) is 0 Å². The second kappa shape index (κ2) is 6.25. The molecule has 0 heterocycles. The number of hydrogen-bond donors (Lipinski definition) is 1. The van der Waals surface area contributed by atoms with Crippen LogP contribution in [0.4, 0.5) is 0 Å². The summed E-state index contributed by atoms with van der Waals surface area (Å²) < 4.78 is 5.56. The van der Waals surface area contributed by atoms with Gasteiger partial charge in [-0.25, -0.2) is 0 Å². The molecule has 3 fully saturated rings. The largest absolute Gasteiger partial charge is 0.381 e. The van der Waals surface area contributed by atoms with Gasteiger partial charge < -0.3 is 10.1 Å². The van der Waals surface area contributed by atoms with Crippen LogP contribution in [0.15, 0.2) is 0 Å². The Kier molecular flexibility index (Phi) is 4.42. The molecular formula is C16H27NO2. The SMILES string of the molecule is O=C(C[C@H]1C[C@H]2CC[C@H]1C2)NCCCOCC1CC1. The summed E-state index contributed by atoms with van der Waals surface area (Å²) in [6.45, 7) is 2.51. The van der Waals surface area contributed by atoms with Gasteiger partial charge in [-0.05, 0) is 62.2 Å². The van der Waals surface area contributed by atoms with Gasteiger partial charge >= 0.3 is 0 Å². The molecule has 0 aromatic rings. The molecular weight excluding hydrogens is 238 g/mol. The molecule has 3 nitrogen and oxygen atoms in total. The molecule has 0 spiro atoms. The molecule has 3 aliphatic carbocycles. The summed E-state index contributed by atoms with van der Waals surface area (Å²) in [6.07, 6.45) is 9.91. The minimum absolute atomic E-state index is 0.264. The van der Waals surface area contributed by atoms with Crippen LogP contribution in [0.25, 0.3) is 0 Å². The Balaban J connectivity index is 1.21. The van der Waals surface area contributed by atoms with Gasteiger partial charge in [0, 0.05) is 26.2 Å². The average molecular weight is 265 g/mol. The lowest BCUT2D eigenvalue weighted by Gasteiger charge is -2.20. The van der Waals surface area contributed by atoms with Crippen LogP contribution in [0.2, 0.25) is 0 Å². The fourth-order valence-corrected chi connectivity index (χ4v) is 3.87. The van der Waals surface area contributed by atoms with Gasteiger partial charge in [0.15, 0.2) is 0 Å². The van der Waals surface area contributed by atoms with E-state index in [-0.39, 0.29) is 5.91 Å². The van der Waals surface area contributed by atoms with Crippen molar-refractivity contribution in [1.82, 2.24) is 5.32 Å². The first kappa shape index (κ1) is 13.4. The summed E-state index contributed by atoms with van der Waals surface area (Å²) >= 11 is 0. The van der Waals surface area contributed by atoms with Crippen LogP contribution in [-0.4, -0.2) is 25.7 Å². The van der Waals surface area contributed by atoms with Crippen molar-refractivity contribution in [3.63, 3.8) is 0 Å². The van der Waals surface area contributed by atoms with E-state index in [1.807, 2.05) is 0 Å². The third-order valence-corrected chi connectivity index (χ3v) is 5.17. The number of carbonyl (C=O) groups excluding carboxylic acids is 1. The predicted octanol–water partition coefficient (Wildman–Crippen LogP) is 2.75. The Morgan fingerprint density at radius 1 is 1.16 bits per heavy atom. The molecule has 1 N–H and O–H groups in total. The molecule has 0 unspecified atom stereocenters. The molecule has 3 heteroatoms.